The highest BCUT2D eigenvalue weighted by molar-refractivity contribution is 6.31. The van der Waals surface area contributed by atoms with Gasteiger partial charge in [0.05, 0.1) is 18.8 Å². The van der Waals surface area contributed by atoms with E-state index < -0.39 is 54.0 Å². The van der Waals surface area contributed by atoms with Crippen LogP contribution in [0.3, 0.4) is 0 Å². The molecule has 1 fully saturated rings. The lowest BCUT2D eigenvalue weighted by Gasteiger charge is -2.44. The second-order valence-electron chi connectivity index (χ2n) is 10.5. The lowest BCUT2D eigenvalue weighted by atomic mass is 9.72. The van der Waals surface area contributed by atoms with Crippen LogP contribution in [0.2, 0.25) is 5.02 Å². The van der Waals surface area contributed by atoms with Gasteiger partial charge in [-0.3, -0.25) is 24.0 Å². The quantitative estimate of drug-likeness (QED) is 0.193. The largest absolute Gasteiger partial charge is 0.493 e. The van der Waals surface area contributed by atoms with Crippen molar-refractivity contribution in [3.05, 3.63) is 63.7 Å². The fraction of sp³-hybridized carbons (Fsp3) is 0.469. The third-order valence-electron chi connectivity index (χ3n) is 7.09. The molecule has 0 bridgehead atoms. The zero-order chi connectivity index (χ0) is 31.8. The Bertz CT molecular complexity index is 1370. The molecular weight excluding hydrogens is 580 g/mol. The summed E-state index contributed by atoms with van der Waals surface area (Å²) in [4.78, 5) is 60.5. The average Bonchev–Trinajstić information content (AvgIpc) is 2.91. The second kappa shape index (κ2) is 15.0. The maximum absolute atomic E-state index is 12.3. The zero-order valence-corrected chi connectivity index (χ0v) is 25.9. The van der Waals surface area contributed by atoms with Crippen LogP contribution in [-0.4, -0.2) is 61.2 Å². The molecule has 1 aliphatic rings. The Balaban J connectivity index is 2.08. The first-order valence-electron chi connectivity index (χ1n) is 14.0. The van der Waals surface area contributed by atoms with E-state index in [4.69, 9.17) is 35.3 Å². The van der Waals surface area contributed by atoms with Crippen LogP contribution < -0.4 is 4.74 Å². The molecule has 0 radical (unpaired) electrons. The minimum Gasteiger partial charge on any atom is -0.493 e. The van der Waals surface area contributed by atoms with E-state index in [-0.39, 0.29) is 18.8 Å². The average molecular weight is 617 g/mol. The summed E-state index contributed by atoms with van der Waals surface area (Å²) in [5.41, 5.74) is 2.74. The molecule has 0 spiro atoms. The van der Waals surface area contributed by atoms with Crippen molar-refractivity contribution in [2.75, 3.05) is 13.2 Å². The van der Waals surface area contributed by atoms with Crippen LogP contribution in [0, 0.1) is 5.92 Å². The van der Waals surface area contributed by atoms with Crippen LogP contribution in [0.1, 0.15) is 80.9 Å². The van der Waals surface area contributed by atoms with Gasteiger partial charge in [-0.05, 0) is 61.6 Å². The molecule has 1 aliphatic carbocycles. The topological polar surface area (TPSA) is 132 Å². The molecule has 3 rings (SSSR count). The number of ketones is 1. The van der Waals surface area contributed by atoms with Crippen LogP contribution in [0.25, 0.3) is 0 Å². The lowest BCUT2D eigenvalue weighted by molar-refractivity contribution is -0.202. The first kappa shape index (κ1) is 33.6. The van der Waals surface area contributed by atoms with Gasteiger partial charge in [-0.25, -0.2) is 0 Å². The number of carbonyl (C=O) groups excluding carboxylic acids is 5. The van der Waals surface area contributed by atoms with Gasteiger partial charge in [-0.15, -0.1) is 0 Å². The highest BCUT2D eigenvalue weighted by Gasteiger charge is 2.51. The Hall–Kier alpha value is -3.92. The summed E-state index contributed by atoms with van der Waals surface area (Å²) in [7, 11) is 0. The summed E-state index contributed by atoms with van der Waals surface area (Å²) < 4.78 is 27.8. The first-order chi connectivity index (χ1) is 20.3. The van der Waals surface area contributed by atoms with Crippen LogP contribution in [0.15, 0.2) is 36.4 Å². The number of esters is 4. The second-order valence-corrected chi connectivity index (χ2v) is 10.9. The Morgan fingerprint density at radius 2 is 1.42 bits per heavy atom. The molecule has 10 nitrogen and oxygen atoms in total. The molecule has 0 amide bonds. The van der Waals surface area contributed by atoms with E-state index in [0.717, 1.165) is 16.7 Å². The Morgan fingerprint density at radius 1 is 0.791 bits per heavy atom. The lowest BCUT2D eigenvalue weighted by Crippen LogP contribution is -2.56. The predicted molar refractivity (Wildman–Crippen MR) is 156 cm³/mol. The van der Waals surface area contributed by atoms with E-state index in [2.05, 4.69) is 0 Å². The smallest absolute Gasteiger partial charge is 0.303 e. The molecule has 2 aromatic carbocycles. The molecule has 1 saturated carbocycles. The molecule has 232 valence electrons. The van der Waals surface area contributed by atoms with Crippen molar-refractivity contribution in [2.45, 2.75) is 78.6 Å². The number of Topliss-reactive ketones (excluding diaryl/α,β-unsaturated/α-hetero) is 1. The van der Waals surface area contributed by atoms with Gasteiger partial charge in [0.1, 0.15) is 18.0 Å². The van der Waals surface area contributed by atoms with E-state index in [1.807, 2.05) is 19.1 Å². The van der Waals surface area contributed by atoms with Crippen LogP contribution in [-0.2, 0) is 44.5 Å². The minimum atomic E-state index is -1.17. The Morgan fingerprint density at radius 3 is 2.00 bits per heavy atom. The monoisotopic (exact) mass is 616 g/mol. The molecule has 0 unspecified atom stereocenters. The molecule has 0 aromatic heterocycles. The summed E-state index contributed by atoms with van der Waals surface area (Å²) in [6, 6.07) is 10.8. The number of benzene rings is 2. The van der Waals surface area contributed by atoms with Crippen LogP contribution >= 0.6 is 11.6 Å². The number of hydrogen-bond donors (Lipinski definition) is 0. The summed E-state index contributed by atoms with van der Waals surface area (Å²) in [6.45, 7) is 8.53. The highest BCUT2D eigenvalue weighted by Crippen LogP contribution is 2.42. The molecule has 0 aliphatic heterocycles. The Kier molecular flexibility index (Phi) is 11.7. The van der Waals surface area contributed by atoms with Gasteiger partial charge in [-0.1, -0.05) is 29.8 Å². The third kappa shape index (κ3) is 9.03. The molecule has 2 aromatic rings. The number of ether oxygens (including phenoxy) is 5. The summed E-state index contributed by atoms with van der Waals surface area (Å²) >= 11 is 6.62. The van der Waals surface area contributed by atoms with E-state index in [0.29, 0.717) is 29.4 Å². The molecular formula is C32H37ClO10. The van der Waals surface area contributed by atoms with Gasteiger partial charge >= 0.3 is 23.9 Å². The van der Waals surface area contributed by atoms with E-state index >= 15 is 0 Å². The summed E-state index contributed by atoms with van der Waals surface area (Å²) in [5, 5.41) is 0.479. The van der Waals surface area contributed by atoms with Crippen molar-refractivity contribution in [3.8, 4) is 5.75 Å². The fourth-order valence-corrected chi connectivity index (χ4v) is 5.62. The molecule has 0 heterocycles. The van der Waals surface area contributed by atoms with Crippen molar-refractivity contribution >= 4 is 41.3 Å². The standard InChI is InChI=1S/C32H37ClO10/c1-7-39-29-11-8-22(13-26(29)17(2)34)12-24-14-23(9-10-28(24)33)27-15-25(16-40-18(3)35)30(41-19(4)36)32(43-21(6)38)31(27)42-20(5)37/h8-11,13-14,25,27,30-32H,7,12,15-16H2,1-6H3/t25-,27+,30-,31+,32+/m1/s1. The van der Waals surface area contributed by atoms with Crippen molar-refractivity contribution in [3.63, 3.8) is 0 Å². The van der Waals surface area contributed by atoms with Gasteiger partial charge in [-0.2, -0.15) is 0 Å². The number of hydrogen-bond acceptors (Lipinski definition) is 10. The first-order valence-corrected chi connectivity index (χ1v) is 14.4. The van der Waals surface area contributed by atoms with Gasteiger partial charge in [0.25, 0.3) is 0 Å². The van der Waals surface area contributed by atoms with E-state index in [1.165, 1.54) is 34.6 Å². The SMILES string of the molecule is CCOc1ccc(Cc2cc([C@@H]3C[C@H](COC(C)=O)[C@@H](OC(C)=O)[C@H](OC(C)=O)[C@H]3OC(C)=O)ccc2Cl)cc1C(C)=O. The maximum Gasteiger partial charge on any atom is 0.303 e. The number of halogens is 1. The van der Waals surface area contributed by atoms with Gasteiger partial charge in [0.15, 0.2) is 11.9 Å². The maximum atomic E-state index is 12.3. The summed E-state index contributed by atoms with van der Waals surface area (Å²) in [6.07, 6.45) is -2.59. The van der Waals surface area contributed by atoms with Crippen LogP contribution in [0.5, 0.6) is 5.75 Å². The Labute approximate surface area is 255 Å². The van der Waals surface area contributed by atoms with E-state index in [1.54, 1.807) is 24.3 Å². The van der Waals surface area contributed by atoms with Crippen molar-refractivity contribution < 1.29 is 47.7 Å². The predicted octanol–water partition coefficient (Wildman–Crippen LogP) is 4.99. The van der Waals surface area contributed by atoms with Gasteiger partial charge in [0, 0.05) is 44.6 Å². The molecule has 0 saturated heterocycles. The third-order valence-corrected chi connectivity index (χ3v) is 7.46. The number of rotatable bonds is 11. The van der Waals surface area contributed by atoms with Gasteiger partial charge < -0.3 is 23.7 Å². The normalized spacial score (nSPS) is 21.3. The van der Waals surface area contributed by atoms with Crippen molar-refractivity contribution in [1.29, 1.82) is 0 Å². The fourth-order valence-electron chi connectivity index (χ4n) is 5.44. The van der Waals surface area contributed by atoms with E-state index in [9.17, 15) is 24.0 Å². The molecule has 43 heavy (non-hydrogen) atoms. The molecule has 0 N–H and O–H groups in total. The van der Waals surface area contributed by atoms with Crippen LogP contribution in [0.4, 0.5) is 0 Å². The van der Waals surface area contributed by atoms with Crippen molar-refractivity contribution in [2.24, 2.45) is 5.92 Å². The molecule has 11 heteroatoms. The number of carbonyl (C=O) groups is 5. The van der Waals surface area contributed by atoms with Gasteiger partial charge in [0.2, 0.25) is 0 Å². The summed E-state index contributed by atoms with van der Waals surface area (Å²) in [5.74, 6) is -3.21. The van der Waals surface area contributed by atoms with Crippen molar-refractivity contribution in [1.82, 2.24) is 0 Å². The minimum absolute atomic E-state index is 0.116. The molecule has 5 atom stereocenters. The zero-order valence-electron chi connectivity index (χ0n) is 25.1. The highest BCUT2D eigenvalue weighted by atomic mass is 35.5.